The summed E-state index contributed by atoms with van der Waals surface area (Å²) in [4.78, 5) is 29.6. The molecule has 3 aromatic rings. The monoisotopic (exact) mass is 447 g/mol. The molecule has 0 aliphatic carbocycles. The number of nitrogens with zero attached hydrogens (tertiary/aromatic N) is 1. The van der Waals surface area contributed by atoms with E-state index in [1.807, 2.05) is 66.7 Å². The van der Waals surface area contributed by atoms with Crippen molar-refractivity contribution in [3.63, 3.8) is 0 Å². The molecule has 0 radical (unpaired) electrons. The molecule has 7 nitrogen and oxygen atoms in total. The van der Waals surface area contributed by atoms with Crippen molar-refractivity contribution in [3.05, 3.63) is 102 Å². The molecule has 0 unspecified atom stereocenters. The lowest BCUT2D eigenvalue weighted by atomic mass is 10.00. The number of hydrogen-bond acceptors (Lipinski definition) is 5. The molecule has 0 fully saturated rings. The van der Waals surface area contributed by atoms with Gasteiger partial charge in [-0.15, -0.1) is 0 Å². The van der Waals surface area contributed by atoms with Crippen LogP contribution in [0.4, 0.5) is 0 Å². The summed E-state index contributed by atoms with van der Waals surface area (Å²) < 4.78 is 5.68. The zero-order valence-electron chi connectivity index (χ0n) is 18.6. The minimum atomic E-state index is -1.45. The molecule has 3 N–H and O–H groups in total. The third-order valence-corrected chi connectivity index (χ3v) is 5.16. The number of rotatable bonds is 11. The van der Waals surface area contributed by atoms with Crippen molar-refractivity contribution in [2.45, 2.75) is 44.7 Å². The molecule has 2 aromatic carbocycles. The highest BCUT2D eigenvalue weighted by Crippen LogP contribution is 2.09. The van der Waals surface area contributed by atoms with E-state index in [1.165, 1.54) is 0 Å². The maximum Gasteiger partial charge on any atom is 0.251 e. The highest BCUT2D eigenvalue weighted by atomic mass is 16.5. The number of ether oxygens (including phenoxy) is 1. The summed E-state index contributed by atoms with van der Waals surface area (Å²) in [5.41, 5.74) is 2.51. The summed E-state index contributed by atoms with van der Waals surface area (Å²) in [6.07, 6.45) is -0.282. The van der Waals surface area contributed by atoms with Gasteiger partial charge in [0, 0.05) is 6.20 Å². The molecule has 0 saturated heterocycles. The molecule has 1 heterocycles. The molecule has 0 aliphatic rings. The number of benzene rings is 2. The standard InChI is InChI=1S/C26H29N3O4/c1-19(33-18-21-12-6-3-7-13-21)25(31)29-23(16-20-10-4-2-5-11-20)24(30)26(32)28-17-22-14-8-9-15-27-22/h2-15,19,23-24,30H,16-18H2,1H3,(H,28,32)(H,29,31)/t19-,23-,24+/m1/s1. The van der Waals surface area contributed by atoms with Crippen LogP contribution in [0.15, 0.2) is 85.1 Å². The minimum Gasteiger partial charge on any atom is -0.381 e. The van der Waals surface area contributed by atoms with E-state index in [9.17, 15) is 14.7 Å². The molecule has 0 saturated carbocycles. The third-order valence-electron chi connectivity index (χ3n) is 5.16. The quantitative estimate of drug-likeness (QED) is 0.419. The van der Waals surface area contributed by atoms with Crippen LogP contribution in [0.25, 0.3) is 0 Å². The summed E-state index contributed by atoms with van der Waals surface area (Å²) in [6.45, 7) is 2.11. The number of aliphatic hydroxyl groups is 1. The number of nitrogens with one attached hydrogen (secondary N) is 2. The molecular formula is C26H29N3O4. The van der Waals surface area contributed by atoms with E-state index in [0.29, 0.717) is 5.69 Å². The Bertz CT molecular complexity index is 1000. The molecule has 0 aliphatic heterocycles. The van der Waals surface area contributed by atoms with Gasteiger partial charge in [-0.3, -0.25) is 14.6 Å². The second-order valence-corrected chi connectivity index (χ2v) is 7.73. The summed E-state index contributed by atoms with van der Waals surface area (Å²) in [5.74, 6) is -0.983. The number of hydrogen-bond donors (Lipinski definition) is 3. The zero-order valence-corrected chi connectivity index (χ0v) is 18.6. The first-order valence-electron chi connectivity index (χ1n) is 10.9. The Morgan fingerprint density at radius 1 is 0.909 bits per heavy atom. The fraction of sp³-hybridized carbons (Fsp3) is 0.269. The number of pyridine rings is 1. The fourth-order valence-corrected chi connectivity index (χ4v) is 3.25. The van der Waals surface area contributed by atoms with Gasteiger partial charge in [-0.25, -0.2) is 0 Å². The van der Waals surface area contributed by atoms with E-state index in [1.54, 1.807) is 25.3 Å². The summed E-state index contributed by atoms with van der Waals surface area (Å²) in [7, 11) is 0. The molecule has 33 heavy (non-hydrogen) atoms. The second kappa shape index (κ2) is 12.5. The van der Waals surface area contributed by atoms with E-state index in [-0.39, 0.29) is 19.6 Å². The van der Waals surface area contributed by atoms with Gasteiger partial charge < -0.3 is 20.5 Å². The topological polar surface area (TPSA) is 101 Å². The van der Waals surface area contributed by atoms with Crippen LogP contribution in [-0.4, -0.2) is 40.2 Å². The first kappa shape index (κ1) is 24.1. The van der Waals surface area contributed by atoms with Crippen molar-refractivity contribution in [1.82, 2.24) is 15.6 Å². The fourth-order valence-electron chi connectivity index (χ4n) is 3.25. The van der Waals surface area contributed by atoms with E-state index < -0.39 is 30.1 Å². The highest BCUT2D eigenvalue weighted by molar-refractivity contribution is 5.84. The van der Waals surface area contributed by atoms with Crippen molar-refractivity contribution in [2.24, 2.45) is 0 Å². The van der Waals surface area contributed by atoms with Crippen LogP contribution in [0.1, 0.15) is 23.7 Å². The summed E-state index contributed by atoms with van der Waals surface area (Å²) in [6, 6.07) is 23.5. The third kappa shape index (κ3) is 7.82. The Balaban J connectivity index is 1.62. The lowest BCUT2D eigenvalue weighted by Gasteiger charge is -2.25. The van der Waals surface area contributed by atoms with Gasteiger partial charge in [-0.1, -0.05) is 66.7 Å². The van der Waals surface area contributed by atoms with Gasteiger partial charge in [0.1, 0.15) is 6.10 Å². The van der Waals surface area contributed by atoms with Crippen LogP contribution in [-0.2, 0) is 33.9 Å². The highest BCUT2D eigenvalue weighted by Gasteiger charge is 2.29. The number of amides is 2. The molecule has 1 aromatic heterocycles. The smallest absolute Gasteiger partial charge is 0.251 e. The first-order valence-corrected chi connectivity index (χ1v) is 10.9. The summed E-state index contributed by atoms with van der Waals surface area (Å²) in [5, 5.41) is 16.2. The van der Waals surface area contributed by atoms with Crippen molar-refractivity contribution < 1.29 is 19.4 Å². The predicted octanol–water partition coefficient (Wildman–Crippen LogP) is 2.39. The van der Waals surface area contributed by atoms with E-state index in [4.69, 9.17) is 4.74 Å². The molecule has 0 bridgehead atoms. The van der Waals surface area contributed by atoms with Crippen LogP contribution < -0.4 is 10.6 Å². The number of aromatic nitrogens is 1. The van der Waals surface area contributed by atoms with Crippen LogP contribution in [0.2, 0.25) is 0 Å². The molecular weight excluding hydrogens is 418 g/mol. The molecule has 172 valence electrons. The lowest BCUT2D eigenvalue weighted by molar-refractivity contribution is -0.136. The van der Waals surface area contributed by atoms with E-state index in [0.717, 1.165) is 11.1 Å². The number of carbonyl (C=O) groups excluding carboxylic acids is 2. The number of carbonyl (C=O) groups is 2. The summed E-state index contributed by atoms with van der Waals surface area (Å²) >= 11 is 0. The molecule has 0 spiro atoms. The average Bonchev–Trinajstić information content (AvgIpc) is 2.86. The normalized spacial score (nSPS) is 13.5. The van der Waals surface area contributed by atoms with Crippen LogP contribution >= 0.6 is 0 Å². The Morgan fingerprint density at radius 2 is 1.55 bits per heavy atom. The van der Waals surface area contributed by atoms with Crippen molar-refractivity contribution >= 4 is 11.8 Å². The largest absolute Gasteiger partial charge is 0.381 e. The average molecular weight is 448 g/mol. The lowest BCUT2D eigenvalue weighted by Crippen LogP contribution is -2.53. The van der Waals surface area contributed by atoms with Crippen molar-refractivity contribution in [3.8, 4) is 0 Å². The molecule has 3 rings (SSSR count). The molecule has 7 heteroatoms. The van der Waals surface area contributed by atoms with E-state index in [2.05, 4.69) is 15.6 Å². The van der Waals surface area contributed by atoms with Crippen LogP contribution in [0.5, 0.6) is 0 Å². The Morgan fingerprint density at radius 3 is 2.18 bits per heavy atom. The SMILES string of the molecule is C[C@@H](OCc1ccccc1)C(=O)N[C@H](Cc1ccccc1)[C@H](O)C(=O)NCc1ccccn1. The van der Waals surface area contributed by atoms with Gasteiger partial charge in [-0.2, -0.15) is 0 Å². The minimum absolute atomic E-state index is 0.180. The Hall–Kier alpha value is -3.55. The van der Waals surface area contributed by atoms with Crippen molar-refractivity contribution in [1.29, 1.82) is 0 Å². The zero-order chi connectivity index (χ0) is 23.5. The Labute approximate surface area is 193 Å². The predicted molar refractivity (Wildman–Crippen MR) is 125 cm³/mol. The molecule has 3 atom stereocenters. The Kier molecular flexibility index (Phi) is 9.11. The maximum atomic E-state index is 12.8. The van der Waals surface area contributed by atoms with Gasteiger partial charge in [-0.05, 0) is 36.6 Å². The van der Waals surface area contributed by atoms with E-state index >= 15 is 0 Å². The van der Waals surface area contributed by atoms with Crippen LogP contribution in [0.3, 0.4) is 0 Å². The number of aliphatic hydroxyl groups excluding tert-OH is 1. The van der Waals surface area contributed by atoms with Gasteiger partial charge in [0.25, 0.3) is 5.91 Å². The second-order valence-electron chi connectivity index (χ2n) is 7.73. The van der Waals surface area contributed by atoms with Gasteiger partial charge in [0.05, 0.1) is 24.9 Å². The maximum absolute atomic E-state index is 12.8. The van der Waals surface area contributed by atoms with Gasteiger partial charge >= 0.3 is 0 Å². The first-order chi connectivity index (χ1) is 16.0. The van der Waals surface area contributed by atoms with Gasteiger partial charge in [0.15, 0.2) is 6.10 Å². The molecule has 2 amide bonds. The van der Waals surface area contributed by atoms with Gasteiger partial charge in [0.2, 0.25) is 5.91 Å². The van der Waals surface area contributed by atoms with Crippen molar-refractivity contribution in [2.75, 3.05) is 0 Å². The van der Waals surface area contributed by atoms with Crippen LogP contribution in [0, 0.1) is 0 Å².